The number of hydrogen-bond acceptors (Lipinski definition) is 5. The van der Waals surface area contributed by atoms with Crippen molar-refractivity contribution in [2.24, 2.45) is 0 Å². The third kappa shape index (κ3) is 10.7. The van der Waals surface area contributed by atoms with Gasteiger partial charge in [0.25, 0.3) is 0 Å². The molecule has 72 valence electrons. The highest BCUT2D eigenvalue weighted by molar-refractivity contribution is 8.76. The minimum atomic E-state index is -2.86. The van der Waals surface area contributed by atoms with Crippen LogP contribution in [-0.4, -0.2) is 32.4 Å². The number of rotatable bonds is 6. The fourth-order valence-electron chi connectivity index (χ4n) is 0.406. The molecule has 0 aliphatic rings. The van der Waals surface area contributed by atoms with Crippen molar-refractivity contribution in [1.29, 1.82) is 0 Å². The molecule has 0 aromatic heterocycles. The van der Waals surface area contributed by atoms with Crippen molar-refractivity contribution in [1.82, 2.24) is 0 Å². The van der Waals surface area contributed by atoms with Crippen molar-refractivity contribution in [3.8, 4) is 0 Å². The molecule has 12 heavy (non-hydrogen) atoms. The summed E-state index contributed by atoms with van der Waals surface area (Å²) in [6, 6.07) is 0. The normalized spacial score (nSPS) is 12.5. The van der Waals surface area contributed by atoms with Crippen molar-refractivity contribution >= 4 is 41.3 Å². The predicted octanol–water partition coefficient (Wildman–Crippen LogP) is 2.25. The lowest BCUT2D eigenvalue weighted by atomic mass is 10.6. The van der Waals surface area contributed by atoms with E-state index in [0.717, 1.165) is 16.5 Å². The summed E-state index contributed by atoms with van der Waals surface area (Å²) in [5.74, 6) is 1.49. The quantitative estimate of drug-likeness (QED) is 0.407. The van der Waals surface area contributed by atoms with Crippen LogP contribution in [0.5, 0.6) is 0 Å². The molecule has 0 aromatic rings. The molecule has 6 heteroatoms. The minimum Gasteiger partial charge on any atom is -0.218 e. The Kier molecular flexibility index (Phi) is 7.62. The van der Waals surface area contributed by atoms with Gasteiger partial charge in [0, 0.05) is 17.8 Å². The van der Waals surface area contributed by atoms with Gasteiger partial charge in [0.05, 0.1) is 0 Å². The van der Waals surface area contributed by atoms with Gasteiger partial charge in [-0.1, -0.05) is 33.7 Å². The molecule has 0 fully saturated rings. The average molecular weight is 244 g/mol. The standard InChI is InChI=1S/C6H12O2S4/c1-9-10-5-3-4-6-11-12(2,7)8/h3-4H,5-6H2,1-2H3/b4-3-. The fourth-order valence-corrected chi connectivity index (χ4v) is 2.84. The maximum Gasteiger partial charge on any atom is 0.198 e. The maximum atomic E-state index is 10.6. The largest absolute Gasteiger partial charge is 0.218 e. The van der Waals surface area contributed by atoms with E-state index in [2.05, 4.69) is 0 Å². The summed E-state index contributed by atoms with van der Waals surface area (Å²) in [6.07, 6.45) is 7.11. The molecule has 2 nitrogen and oxygen atoms in total. The van der Waals surface area contributed by atoms with E-state index >= 15 is 0 Å². The van der Waals surface area contributed by atoms with Gasteiger partial charge in [0.2, 0.25) is 0 Å². The van der Waals surface area contributed by atoms with E-state index in [4.69, 9.17) is 0 Å². The summed E-state index contributed by atoms with van der Waals surface area (Å²) < 4.78 is 21.3. The van der Waals surface area contributed by atoms with E-state index in [9.17, 15) is 8.42 Å². The SMILES string of the molecule is CSSC/C=C\CSS(C)(=O)=O. The molecule has 0 aliphatic heterocycles. The zero-order chi connectivity index (χ0) is 9.45. The second-order valence-corrected chi connectivity index (χ2v) is 9.02. The van der Waals surface area contributed by atoms with Crippen LogP contribution in [0.2, 0.25) is 0 Å². The zero-order valence-electron chi connectivity index (χ0n) is 7.02. The van der Waals surface area contributed by atoms with Gasteiger partial charge in [-0.25, -0.2) is 8.42 Å². The summed E-state index contributed by atoms with van der Waals surface area (Å²) in [5, 5.41) is 0. The Morgan fingerprint density at radius 1 is 1.25 bits per heavy atom. The molecule has 0 saturated carbocycles. The summed E-state index contributed by atoms with van der Waals surface area (Å²) in [7, 11) is 1.54. The Morgan fingerprint density at radius 2 is 1.83 bits per heavy atom. The molecule has 0 amide bonds. The first-order valence-electron chi connectivity index (χ1n) is 3.21. The molecule has 0 atom stereocenters. The summed E-state index contributed by atoms with van der Waals surface area (Å²) >= 11 is 0. The van der Waals surface area contributed by atoms with Gasteiger partial charge in [-0.15, -0.1) is 0 Å². The molecule has 0 heterocycles. The van der Waals surface area contributed by atoms with E-state index in [0.29, 0.717) is 5.75 Å². The average Bonchev–Trinajstić information content (AvgIpc) is 1.94. The minimum absolute atomic E-state index is 0.549. The second-order valence-electron chi connectivity index (χ2n) is 1.91. The zero-order valence-corrected chi connectivity index (χ0v) is 10.3. The van der Waals surface area contributed by atoms with E-state index in [1.807, 2.05) is 18.4 Å². The van der Waals surface area contributed by atoms with Crippen molar-refractivity contribution in [2.45, 2.75) is 0 Å². The molecular weight excluding hydrogens is 232 g/mol. The highest BCUT2D eigenvalue weighted by atomic mass is 33.1. The predicted molar refractivity (Wildman–Crippen MR) is 62.4 cm³/mol. The molecule has 0 N–H and O–H groups in total. The lowest BCUT2D eigenvalue weighted by molar-refractivity contribution is 0.615. The molecule has 0 saturated heterocycles. The number of hydrogen-bond donors (Lipinski definition) is 0. The van der Waals surface area contributed by atoms with Crippen LogP contribution in [0.15, 0.2) is 12.2 Å². The van der Waals surface area contributed by atoms with Crippen LogP contribution < -0.4 is 0 Å². The van der Waals surface area contributed by atoms with E-state index < -0.39 is 8.87 Å². The fraction of sp³-hybridized carbons (Fsp3) is 0.667. The van der Waals surface area contributed by atoms with Crippen LogP contribution in [0.3, 0.4) is 0 Å². The summed E-state index contributed by atoms with van der Waals surface area (Å²) in [6.45, 7) is 0. The summed E-state index contributed by atoms with van der Waals surface area (Å²) in [5.41, 5.74) is 0. The Hall–Kier alpha value is 0.740. The Labute approximate surface area is 85.7 Å². The van der Waals surface area contributed by atoms with Crippen LogP contribution in [0.1, 0.15) is 0 Å². The van der Waals surface area contributed by atoms with Gasteiger partial charge in [0.1, 0.15) is 0 Å². The Balaban J connectivity index is 3.37. The monoisotopic (exact) mass is 244 g/mol. The van der Waals surface area contributed by atoms with Gasteiger partial charge < -0.3 is 0 Å². The van der Waals surface area contributed by atoms with Crippen LogP contribution in [0.4, 0.5) is 0 Å². The molecule has 0 spiro atoms. The Bertz CT molecular complexity index is 220. The second kappa shape index (κ2) is 7.17. The first-order valence-corrected chi connectivity index (χ1v) is 9.33. The first kappa shape index (κ1) is 12.7. The van der Waals surface area contributed by atoms with Gasteiger partial charge in [-0.05, 0) is 17.0 Å². The van der Waals surface area contributed by atoms with E-state index in [-0.39, 0.29) is 0 Å². The highest BCUT2D eigenvalue weighted by Gasteiger charge is 1.98. The van der Waals surface area contributed by atoms with E-state index in [1.54, 1.807) is 21.6 Å². The molecule has 0 aromatic carbocycles. The third-order valence-electron chi connectivity index (χ3n) is 0.827. The first-order chi connectivity index (χ1) is 5.56. The van der Waals surface area contributed by atoms with Crippen molar-refractivity contribution < 1.29 is 8.42 Å². The van der Waals surface area contributed by atoms with Crippen molar-refractivity contribution in [3.05, 3.63) is 12.2 Å². The van der Waals surface area contributed by atoms with E-state index in [1.165, 1.54) is 6.26 Å². The smallest absolute Gasteiger partial charge is 0.198 e. The molecular formula is C6H12O2S4. The molecule has 0 aliphatic carbocycles. The maximum absolute atomic E-state index is 10.6. The van der Waals surface area contributed by atoms with Crippen molar-refractivity contribution in [2.75, 3.05) is 24.0 Å². The van der Waals surface area contributed by atoms with Gasteiger partial charge in [-0.3, -0.25) is 0 Å². The summed E-state index contributed by atoms with van der Waals surface area (Å²) in [4.78, 5) is 0. The van der Waals surface area contributed by atoms with Gasteiger partial charge in [-0.2, -0.15) is 0 Å². The Morgan fingerprint density at radius 3 is 2.33 bits per heavy atom. The highest BCUT2D eigenvalue weighted by Crippen LogP contribution is 2.16. The third-order valence-corrected chi connectivity index (χ3v) is 4.96. The molecule has 0 bridgehead atoms. The van der Waals surface area contributed by atoms with Crippen LogP contribution >= 0.6 is 32.4 Å². The lowest BCUT2D eigenvalue weighted by Crippen LogP contribution is -1.88. The molecule has 0 rings (SSSR count). The van der Waals surface area contributed by atoms with Gasteiger partial charge >= 0.3 is 0 Å². The van der Waals surface area contributed by atoms with Crippen LogP contribution in [0.25, 0.3) is 0 Å². The topological polar surface area (TPSA) is 34.1 Å². The van der Waals surface area contributed by atoms with Crippen LogP contribution in [-0.2, 0) is 8.87 Å². The van der Waals surface area contributed by atoms with Crippen molar-refractivity contribution in [3.63, 3.8) is 0 Å². The van der Waals surface area contributed by atoms with Gasteiger partial charge in [0.15, 0.2) is 8.87 Å². The lowest BCUT2D eigenvalue weighted by Gasteiger charge is -1.91. The molecule has 0 unspecified atom stereocenters. The molecule has 0 radical (unpaired) electrons. The van der Waals surface area contributed by atoms with Crippen LogP contribution in [0, 0.1) is 0 Å².